The Morgan fingerprint density at radius 3 is 2.36 bits per heavy atom. The Bertz CT molecular complexity index is 1090. The molecule has 0 N–H and O–H groups in total. The summed E-state index contributed by atoms with van der Waals surface area (Å²) in [7, 11) is 0. The van der Waals surface area contributed by atoms with Crippen molar-refractivity contribution in [2.24, 2.45) is 22.2 Å². The zero-order valence-corrected chi connectivity index (χ0v) is 23.4. The first kappa shape index (κ1) is 29.3. The number of nitrogens with zero attached hydrogens (tertiary/aromatic N) is 3. The van der Waals surface area contributed by atoms with Gasteiger partial charge in [0.15, 0.2) is 5.90 Å². The second-order valence-electron chi connectivity index (χ2n) is 11.7. The zero-order chi connectivity index (χ0) is 28.0. The molecule has 1 aromatic rings. The van der Waals surface area contributed by atoms with Crippen LogP contribution in [0.4, 0.5) is 13.2 Å². The highest BCUT2D eigenvalue weighted by molar-refractivity contribution is 5.81. The van der Waals surface area contributed by atoms with E-state index in [4.69, 9.17) is 11.2 Å². The van der Waals surface area contributed by atoms with E-state index in [0.29, 0.717) is 49.4 Å². The molecule has 4 rings (SSSR count). The molecule has 4 nitrogen and oxygen atoms in total. The SMILES string of the molecule is C#C/C(=C\N=C(/C)OCC1CCN(CC2(C(F)(F)F)CCC2)CC1)c1ccc(C(=C)N2CCCC(C)C2)cc1. The molecule has 0 amide bonds. The smallest absolute Gasteiger partial charge is 0.395 e. The maximum atomic E-state index is 13.5. The van der Waals surface area contributed by atoms with Gasteiger partial charge in [0.2, 0.25) is 0 Å². The van der Waals surface area contributed by atoms with E-state index in [9.17, 15) is 13.2 Å². The molecule has 212 valence electrons. The fourth-order valence-corrected chi connectivity index (χ4v) is 5.96. The molecule has 0 spiro atoms. The van der Waals surface area contributed by atoms with Crippen LogP contribution in [-0.2, 0) is 4.74 Å². The summed E-state index contributed by atoms with van der Waals surface area (Å²) in [5, 5.41) is 0. The number of likely N-dealkylation sites (tertiary alicyclic amines) is 2. The highest BCUT2D eigenvalue weighted by Crippen LogP contribution is 2.53. The molecule has 2 saturated heterocycles. The Kier molecular flexibility index (Phi) is 9.48. The topological polar surface area (TPSA) is 28.1 Å². The minimum absolute atomic E-state index is 0.136. The number of hydrogen-bond donors (Lipinski definition) is 0. The van der Waals surface area contributed by atoms with Crippen LogP contribution >= 0.6 is 0 Å². The van der Waals surface area contributed by atoms with Gasteiger partial charge in [-0.3, -0.25) is 0 Å². The fraction of sp³-hybridized carbons (Fsp3) is 0.594. The predicted octanol–water partition coefficient (Wildman–Crippen LogP) is 7.24. The standard InChI is InChI=1S/C32H42F3N3O/c1-5-28(30-11-9-29(10-12-30)25(3)38-17-6-8-24(2)21-38)20-36-26(4)39-22-27-13-18-37(19-14-27)23-31(15-7-16-31)32(33,34)35/h1,9-12,20,24,27H,3,6-8,13-19,21-23H2,2,4H3/b28-20+,36-26+. The van der Waals surface area contributed by atoms with Gasteiger partial charge in [-0.1, -0.05) is 50.1 Å². The number of rotatable bonds is 8. The lowest BCUT2D eigenvalue weighted by atomic mass is 9.67. The van der Waals surface area contributed by atoms with Gasteiger partial charge in [0.1, 0.15) is 0 Å². The largest absolute Gasteiger partial charge is 0.481 e. The van der Waals surface area contributed by atoms with Crippen LogP contribution in [0.5, 0.6) is 0 Å². The van der Waals surface area contributed by atoms with Gasteiger partial charge in [-0.25, -0.2) is 4.99 Å². The molecule has 7 heteroatoms. The highest BCUT2D eigenvalue weighted by Gasteiger charge is 2.58. The van der Waals surface area contributed by atoms with E-state index in [1.165, 1.54) is 12.8 Å². The summed E-state index contributed by atoms with van der Waals surface area (Å²) in [5.74, 6) is 4.25. The van der Waals surface area contributed by atoms with Crippen LogP contribution in [0, 0.1) is 29.6 Å². The van der Waals surface area contributed by atoms with Gasteiger partial charge < -0.3 is 14.5 Å². The third kappa shape index (κ3) is 7.28. The zero-order valence-electron chi connectivity index (χ0n) is 23.4. The van der Waals surface area contributed by atoms with E-state index in [1.54, 1.807) is 13.1 Å². The Morgan fingerprint density at radius 1 is 1.13 bits per heavy atom. The molecule has 1 atom stereocenters. The molecule has 39 heavy (non-hydrogen) atoms. The molecule has 1 unspecified atom stereocenters. The average molecular weight is 542 g/mol. The van der Waals surface area contributed by atoms with Crippen LogP contribution in [0.2, 0.25) is 0 Å². The van der Waals surface area contributed by atoms with Crippen LogP contribution in [0.25, 0.3) is 11.3 Å². The number of piperidine rings is 2. The van der Waals surface area contributed by atoms with Gasteiger partial charge in [-0.15, -0.1) is 6.42 Å². The molecule has 1 aromatic carbocycles. The summed E-state index contributed by atoms with van der Waals surface area (Å²) in [6.07, 6.45) is 8.67. The molecule has 2 aliphatic heterocycles. The molecule has 3 aliphatic rings. The van der Waals surface area contributed by atoms with Gasteiger partial charge in [0, 0.05) is 44.0 Å². The molecular formula is C32H42F3N3O. The molecule has 0 bridgehead atoms. The number of allylic oxidation sites excluding steroid dienone is 1. The molecule has 0 radical (unpaired) electrons. The highest BCUT2D eigenvalue weighted by atomic mass is 19.4. The van der Waals surface area contributed by atoms with Crippen molar-refractivity contribution in [1.82, 2.24) is 9.80 Å². The number of benzene rings is 1. The summed E-state index contributed by atoms with van der Waals surface area (Å²) >= 11 is 0. The fourth-order valence-electron chi connectivity index (χ4n) is 5.96. The summed E-state index contributed by atoms with van der Waals surface area (Å²) in [6.45, 7) is 12.5. The van der Waals surface area contributed by atoms with E-state index < -0.39 is 11.6 Å². The van der Waals surface area contributed by atoms with Crippen molar-refractivity contribution in [2.75, 3.05) is 39.3 Å². The first-order chi connectivity index (χ1) is 18.6. The first-order valence-electron chi connectivity index (χ1n) is 14.3. The first-order valence-corrected chi connectivity index (χ1v) is 14.3. The number of ether oxygens (including phenoxy) is 1. The average Bonchev–Trinajstić information content (AvgIpc) is 2.89. The monoisotopic (exact) mass is 541 g/mol. The third-order valence-corrected chi connectivity index (χ3v) is 8.77. The van der Waals surface area contributed by atoms with Gasteiger partial charge in [-0.2, -0.15) is 13.2 Å². The molecule has 0 aromatic heterocycles. The maximum absolute atomic E-state index is 13.5. The van der Waals surface area contributed by atoms with E-state index in [-0.39, 0.29) is 19.4 Å². The van der Waals surface area contributed by atoms with Crippen molar-refractivity contribution in [3.8, 4) is 12.3 Å². The summed E-state index contributed by atoms with van der Waals surface area (Å²) in [4.78, 5) is 8.78. The number of alkyl halides is 3. The molecule has 1 saturated carbocycles. The van der Waals surface area contributed by atoms with Crippen LogP contribution in [0.15, 0.2) is 42.0 Å². The normalized spacial score (nSPS) is 23.2. The second kappa shape index (κ2) is 12.6. The Balaban J connectivity index is 1.25. The summed E-state index contributed by atoms with van der Waals surface area (Å²) in [5.41, 5.74) is 2.24. The van der Waals surface area contributed by atoms with Gasteiger partial charge in [0.25, 0.3) is 0 Å². The van der Waals surface area contributed by atoms with E-state index in [1.807, 2.05) is 17.0 Å². The number of terminal acetylenes is 1. The van der Waals surface area contributed by atoms with E-state index in [2.05, 4.69) is 41.4 Å². The molecular weight excluding hydrogens is 499 g/mol. The van der Waals surface area contributed by atoms with Crippen molar-refractivity contribution in [3.63, 3.8) is 0 Å². The summed E-state index contributed by atoms with van der Waals surface area (Å²) in [6, 6.07) is 8.13. The Hall–Kier alpha value is -2.72. The minimum Gasteiger partial charge on any atom is -0.481 e. The van der Waals surface area contributed by atoms with Crippen molar-refractivity contribution in [2.45, 2.75) is 65.0 Å². The maximum Gasteiger partial charge on any atom is 0.395 e. The Labute approximate surface area is 232 Å². The van der Waals surface area contributed by atoms with Crippen molar-refractivity contribution < 1.29 is 17.9 Å². The molecule has 3 fully saturated rings. The predicted molar refractivity (Wildman–Crippen MR) is 153 cm³/mol. The third-order valence-electron chi connectivity index (χ3n) is 8.77. The van der Waals surface area contributed by atoms with Crippen LogP contribution in [0.3, 0.4) is 0 Å². The minimum atomic E-state index is -4.11. The number of hydrogen-bond acceptors (Lipinski definition) is 4. The van der Waals surface area contributed by atoms with E-state index in [0.717, 1.165) is 42.8 Å². The van der Waals surface area contributed by atoms with Crippen LogP contribution in [-0.4, -0.2) is 61.2 Å². The lowest BCUT2D eigenvalue weighted by Gasteiger charge is -2.47. The lowest BCUT2D eigenvalue weighted by Crippen LogP contribution is -2.53. The number of aliphatic imine (C=N–C) groups is 1. The van der Waals surface area contributed by atoms with Gasteiger partial charge in [0.05, 0.1) is 12.0 Å². The summed E-state index contributed by atoms with van der Waals surface area (Å²) < 4.78 is 46.4. The Morgan fingerprint density at radius 2 is 1.79 bits per heavy atom. The van der Waals surface area contributed by atoms with Crippen LogP contribution < -0.4 is 0 Å². The van der Waals surface area contributed by atoms with E-state index >= 15 is 0 Å². The van der Waals surface area contributed by atoms with Crippen LogP contribution in [0.1, 0.15) is 69.9 Å². The number of halogens is 3. The van der Waals surface area contributed by atoms with Crippen molar-refractivity contribution in [1.29, 1.82) is 0 Å². The van der Waals surface area contributed by atoms with Gasteiger partial charge in [-0.05, 0) is 74.6 Å². The quantitative estimate of drug-likeness (QED) is 0.197. The van der Waals surface area contributed by atoms with Crippen molar-refractivity contribution >= 4 is 17.2 Å². The second-order valence-corrected chi connectivity index (χ2v) is 11.7. The van der Waals surface area contributed by atoms with Crippen molar-refractivity contribution in [3.05, 3.63) is 48.2 Å². The molecule has 2 heterocycles. The molecule has 1 aliphatic carbocycles. The lowest BCUT2D eigenvalue weighted by molar-refractivity contribution is -0.256. The van der Waals surface area contributed by atoms with Gasteiger partial charge >= 0.3 is 6.18 Å².